The van der Waals surface area contributed by atoms with E-state index in [1.165, 1.54) is 6.07 Å². The Hall–Kier alpha value is -0.890. The van der Waals surface area contributed by atoms with Gasteiger partial charge in [-0.3, -0.25) is 0 Å². The molecule has 1 aromatic rings. The lowest BCUT2D eigenvalue weighted by molar-refractivity contribution is 0.169. The number of nitrogens with one attached hydrogen (secondary N) is 2. The van der Waals surface area contributed by atoms with Gasteiger partial charge in [-0.15, -0.1) is 24.0 Å². The minimum Gasteiger partial charge on any atom is -0.396 e. The molecule has 0 bridgehead atoms. The van der Waals surface area contributed by atoms with Gasteiger partial charge < -0.3 is 15.7 Å². The maximum Gasteiger partial charge on any atom is 0.191 e. The molecule has 0 unspecified atom stereocenters. The summed E-state index contributed by atoms with van der Waals surface area (Å²) in [7, 11) is 0. The van der Waals surface area contributed by atoms with Gasteiger partial charge in [0.15, 0.2) is 5.96 Å². The zero-order valence-corrected chi connectivity index (χ0v) is 18.2. The number of aliphatic imine (C=N–C) groups is 1. The van der Waals surface area contributed by atoms with E-state index in [-0.39, 0.29) is 41.8 Å². The van der Waals surface area contributed by atoms with E-state index < -0.39 is 0 Å². The van der Waals surface area contributed by atoms with E-state index in [1.807, 2.05) is 13.0 Å². The standard InChI is InChI=1S/C19H32FN3O.HI/c1-5-19(6-2,10-11-24)14-23-18(21-7-3)22-13-16-8-9-17(20)15(4)12-16;/h8-9,12,24H,5-7,10-11,13-14H2,1-4H3,(H2,21,22,23);1H. The second-order valence-electron chi connectivity index (χ2n) is 6.31. The molecule has 0 aliphatic carbocycles. The van der Waals surface area contributed by atoms with Crippen LogP contribution in [-0.2, 0) is 6.54 Å². The molecule has 4 nitrogen and oxygen atoms in total. The van der Waals surface area contributed by atoms with Crippen LogP contribution in [0.25, 0.3) is 0 Å². The lowest BCUT2D eigenvalue weighted by Gasteiger charge is -2.32. The van der Waals surface area contributed by atoms with E-state index in [4.69, 9.17) is 0 Å². The molecule has 0 aliphatic heterocycles. The van der Waals surface area contributed by atoms with Gasteiger partial charge in [0.1, 0.15) is 5.82 Å². The van der Waals surface area contributed by atoms with Crippen molar-refractivity contribution in [3.05, 3.63) is 35.1 Å². The topological polar surface area (TPSA) is 56.7 Å². The number of hydrogen-bond donors (Lipinski definition) is 3. The van der Waals surface area contributed by atoms with Crippen LogP contribution in [0.15, 0.2) is 23.2 Å². The van der Waals surface area contributed by atoms with Crippen molar-refractivity contribution in [2.24, 2.45) is 10.4 Å². The minimum absolute atomic E-state index is 0. The van der Waals surface area contributed by atoms with Crippen LogP contribution in [0, 0.1) is 18.2 Å². The van der Waals surface area contributed by atoms with Gasteiger partial charge in [-0.05, 0) is 55.7 Å². The first kappa shape index (κ1) is 24.1. The van der Waals surface area contributed by atoms with Crippen LogP contribution in [-0.4, -0.2) is 30.8 Å². The second kappa shape index (κ2) is 12.5. The Morgan fingerprint density at radius 2 is 1.88 bits per heavy atom. The molecule has 0 saturated carbocycles. The quantitative estimate of drug-likeness (QED) is 0.294. The Morgan fingerprint density at radius 3 is 2.40 bits per heavy atom. The molecule has 0 fully saturated rings. The average molecular weight is 465 g/mol. The van der Waals surface area contributed by atoms with Crippen molar-refractivity contribution in [1.82, 2.24) is 10.6 Å². The number of rotatable bonds is 9. The molecule has 0 atom stereocenters. The molecule has 144 valence electrons. The molecule has 0 saturated heterocycles. The van der Waals surface area contributed by atoms with Crippen LogP contribution in [0.4, 0.5) is 4.39 Å². The SMILES string of the molecule is CCNC(=NCc1ccc(F)c(C)c1)NCC(CC)(CC)CCO.I. The van der Waals surface area contributed by atoms with Gasteiger partial charge in [0, 0.05) is 19.7 Å². The molecule has 6 heteroatoms. The highest BCUT2D eigenvalue weighted by molar-refractivity contribution is 14.0. The molecule has 0 radical (unpaired) electrons. The Bertz CT molecular complexity index is 533. The zero-order chi connectivity index (χ0) is 18.0. The fraction of sp³-hybridized carbons (Fsp3) is 0.632. The van der Waals surface area contributed by atoms with Crippen LogP contribution < -0.4 is 10.6 Å². The summed E-state index contributed by atoms with van der Waals surface area (Å²) in [6.07, 6.45) is 2.80. The number of aryl methyl sites for hydroxylation is 1. The Balaban J connectivity index is 0.00000576. The molecule has 0 heterocycles. The van der Waals surface area contributed by atoms with Crippen molar-refractivity contribution in [1.29, 1.82) is 0 Å². The third kappa shape index (κ3) is 7.90. The molecule has 0 amide bonds. The first-order valence-corrected chi connectivity index (χ1v) is 8.88. The Morgan fingerprint density at radius 1 is 1.20 bits per heavy atom. The molecule has 1 rings (SSSR count). The van der Waals surface area contributed by atoms with Crippen molar-refractivity contribution >= 4 is 29.9 Å². The highest BCUT2D eigenvalue weighted by Gasteiger charge is 2.25. The monoisotopic (exact) mass is 465 g/mol. The minimum atomic E-state index is -0.188. The third-order valence-corrected chi connectivity index (χ3v) is 4.76. The van der Waals surface area contributed by atoms with Crippen molar-refractivity contribution in [2.75, 3.05) is 19.7 Å². The van der Waals surface area contributed by atoms with E-state index in [1.54, 1.807) is 13.0 Å². The molecule has 3 N–H and O–H groups in total. The smallest absolute Gasteiger partial charge is 0.191 e. The summed E-state index contributed by atoms with van der Waals surface area (Å²) in [4.78, 5) is 4.60. The summed E-state index contributed by atoms with van der Waals surface area (Å²) in [5, 5.41) is 16.0. The summed E-state index contributed by atoms with van der Waals surface area (Å²) in [5.41, 5.74) is 1.70. The molecular formula is C19H33FIN3O. The van der Waals surface area contributed by atoms with Gasteiger partial charge in [0.2, 0.25) is 0 Å². The number of aliphatic hydroxyl groups excluding tert-OH is 1. The number of guanidine groups is 1. The van der Waals surface area contributed by atoms with Crippen LogP contribution in [0.1, 0.15) is 51.2 Å². The lowest BCUT2D eigenvalue weighted by atomic mass is 9.79. The van der Waals surface area contributed by atoms with Crippen LogP contribution in [0.3, 0.4) is 0 Å². The van der Waals surface area contributed by atoms with E-state index in [0.717, 1.165) is 43.9 Å². The number of benzene rings is 1. The van der Waals surface area contributed by atoms with Crippen molar-refractivity contribution in [3.63, 3.8) is 0 Å². The average Bonchev–Trinajstić information content (AvgIpc) is 2.59. The normalized spacial score (nSPS) is 11.8. The van der Waals surface area contributed by atoms with Gasteiger partial charge >= 0.3 is 0 Å². The Labute approximate surface area is 168 Å². The molecule has 1 aromatic carbocycles. The van der Waals surface area contributed by atoms with E-state index in [2.05, 4.69) is 29.5 Å². The highest BCUT2D eigenvalue weighted by Crippen LogP contribution is 2.29. The predicted octanol–water partition coefficient (Wildman–Crippen LogP) is 4.00. The fourth-order valence-electron chi connectivity index (χ4n) is 2.77. The third-order valence-electron chi connectivity index (χ3n) is 4.76. The van der Waals surface area contributed by atoms with Gasteiger partial charge in [-0.2, -0.15) is 0 Å². The van der Waals surface area contributed by atoms with Crippen molar-refractivity contribution in [2.45, 2.75) is 53.5 Å². The van der Waals surface area contributed by atoms with Crippen molar-refractivity contribution < 1.29 is 9.50 Å². The first-order valence-electron chi connectivity index (χ1n) is 8.88. The molecule has 0 spiro atoms. The zero-order valence-electron chi connectivity index (χ0n) is 15.9. The number of aliphatic hydroxyl groups is 1. The number of hydrogen-bond acceptors (Lipinski definition) is 2. The van der Waals surface area contributed by atoms with Gasteiger partial charge in [-0.1, -0.05) is 26.0 Å². The number of nitrogens with zero attached hydrogens (tertiary/aromatic N) is 1. The first-order chi connectivity index (χ1) is 11.5. The summed E-state index contributed by atoms with van der Waals surface area (Å²) in [6.45, 7) is 10.4. The van der Waals surface area contributed by atoms with Crippen LogP contribution in [0.2, 0.25) is 0 Å². The summed E-state index contributed by atoms with van der Waals surface area (Å²) in [6, 6.07) is 5.08. The molecule has 25 heavy (non-hydrogen) atoms. The van der Waals surface area contributed by atoms with E-state index >= 15 is 0 Å². The predicted molar refractivity (Wildman–Crippen MR) is 114 cm³/mol. The van der Waals surface area contributed by atoms with Gasteiger partial charge in [0.05, 0.1) is 6.54 Å². The Kier molecular flexibility index (Phi) is 12.0. The summed E-state index contributed by atoms with van der Waals surface area (Å²) < 4.78 is 13.3. The van der Waals surface area contributed by atoms with Crippen molar-refractivity contribution in [3.8, 4) is 0 Å². The fourth-order valence-corrected chi connectivity index (χ4v) is 2.77. The van der Waals surface area contributed by atoms with Crippen LogP contribution in [0.5, 0.6) is 0 Å². The van der Waals surface area contributed by atoms with Gasteiger partial charge in [0.25, 0.3) is 0 Å². The largest absolute Gasteiger partial charge is 0.396 e. The van der Waals surface area contributed by atoms with Gasteiger partial charge in [-0.25, -0.2) is 9.38 Å². The highest BCUT2D eigenvalue weighted by atomic mass is 127. The molecule has 0 aliphatic rings. The lowest BCUT2D eigenvalue weighted by Crippen LogP contribution is -2.43. The summed E-state index contributed by atoms with van der Waals surface area (Å²) in [5.74, 6) is 0.566. The maximum absolute atomic E-state index is 13.3. The molecular weight excluding hydrogens is 432 g/mol. The summed E-state index contributed by atoms with van der Waals surface area (Å²) >= 11 is 0. The number of halogens is 2. The second-order valence-corrected chi connectivity index (χ2v) is 6.31. The maximum atomic E-state index is 13.3. The molecule has 0 aromatic heterocycles. The van der Waals surface area contributed by atoms with E-state index in [9.17, 15) is 9.50 Å². The van der Waals surface area contributed by atoms with Crippen LogP contribution >= 0.6 is 24.0 Å². The van der Waals surface area contributed by atoms with E-state index in [0.29, 0.717) is 12.1 Å².